The fraction of sp³-hybridized carbons (Fsp3) is 0.432. The molecule has 0 unspecified atom stereocenters. The van der Waals surface area contributed by atoms with E-state index in [1.165, 1.54) is 56.3 Å². The van der Waals surface area contributed by atoms with Crippen molar-refractivity contribution in [1.82, 2.24) is 10.2 Å². The van der Waals surface area contributed by atoms with Crippen LogP contribution in [0.4, 0.5) is 4.79 Å². The molecule has 0 saturated carbocycles. The third-order valence-electron chi connectivity index (χ3n) is 7.98. The summed E-state index contributed by atoms with van der Waals surface area (Å²) in [5.41, 5.74) is 5.79. The van der Waals surface area contributed by atoms with E-state index in [4.69, 9.17) is 14.2 Å². The van der Waals surface area contributed by atoms with E-state index in [9.17, 15) is 4.79 Å². The molecular weight excluding hydrogens is 536 g/mol. The average molecular weight is 585 g/mol. The minimum atomic E-state index is -0.411. The molecular formula is C37H48N2O4. The van der Waals surface area contributed by atoms with Crippen molar-refractivity contribution in [3.8, 4) is 17.2 Å². The van der Waals surface area contributed by atoms with E-state index in [0.29, 0.717) is 18.9 Å². The van der Waals surface area contributed by atoms with Gasteiger partial charge in [0, 0.05) is 13.1 Å². The Morgan fingerprint density at radius 1 is 0.791 bits per heavy atom. The Labute approximate surface area is 258 Å². The van der Waals surface area contributed by atoms with Crippen LogP contribution < -0.4 is 19.5 Å². The number of piperidine rings is 1. The number of allylic oxidation sites excluding steroid dienone is 1. The van der Waals surface area contributed by atoms with Gasteiger partial charge in [0.25, 0.3) is 0 Å². The van der Waals surface area contributed by atoms with Crippen LogP contribution in [0.15, 0.2) is 78.4 Å². The highest BCUT2D eigenvalue weighted by Crippen LogP contribution is 2.31. The van der Waals surface area contributed by atoms with Crippen LogP contribution in [0.2, 0.25) is 0 Å². The maximum atomic E-state index is 12.3. The molecule has 0 bridgehead atoms. The number of likely N-dealkylation sites (tertiary alicyclic amines) is 1. The molecule has 3 aromatic carbocycles. The molecule has 0 aliphatic carbocycles. The Balaban J connectivity index is 1.47. The van der Waals surface area contributed by atoms with Gasteiger partial charge >= 0.3 is 6.09 Å². The molecule has 0 aromatic heterocycles. The van der Waals surface area contributed by atoms with Crippen molar-refractivity contribution in [1.29, 1.82) is 0 Å². The molecule has 1 aliphatic heterocycles. The maximum absolute atomic E-state index is 12.3. The van der Waals surface area contributed by atoms with Gasteiger partial charge in [-0.2, -0.15) is 0 Å². The molecule has 1 saturated heterocycles. The molecule has 1 heterocycles. The minimum Gasteiger partial charge on any atom is -0.497 e. The first-order valence-corrected chi connectivity index (χ1v) is 15.9. The number of nitrogens with one attached hydrogen (secondary N) is 1. The van der Waals surface area contributed by atoms with Crippen molar-refractivity contribution >= 4 is 11.7 Å². The van der Waals surface area contributed by atoms with Gasteiger partial charge < -0.3 is 19.5 Å². The van der Waals surface area contributed by atoms with Crippen molar-refractivity contribution in [2.45, 2.75) is 65.2 Å². The van der Waals surface area contributed by atoms with Crippen molar-refractivity contribution in [3.05, 3.63) is 95.1 Å². The summed E-state index contributed by atoms with van der Waals surface area (Å²) in [6.07, 6.45) is 8.74. The van der Waals surface area contributed by atoms with Gasteiger partial charge in [-0.1, -0.05) is 74.6 Å². The Hall–Kier alpha value is -3.77. The highest BCUT2D eigenvalue weighted by Gasteiger charge is 2.13. The zero-order valence-corrected chi connectivity index (χ0v) is 26.2. The van der Waals surface area contributed by atoms with Gasteiger partial charge in [0.1, 0.15) is 23.9 Å². The fourth-order valence-electron chi connectivity index (χ4n) is 5.57. The lowest BCUT2D eigenvalue weighted by molar-refractivity contribution is 0.183. The molecule has 1 aliphatic rings. The quantitative estimate of drug-likeness (QED) is 0.182. The SMILES string of the molecule is CCCCCCNC(=O)Oc1ccc(/C(=C(/C)Cc2ccc(OC)cc2)c2ccc(OCCN3CCCCC3)cc2)cc1. The number of hydrogen-bond acceptors (Lipinski definition) is 5. The molecule has 1 fully saturated rings. The first-order valence-electron chi connectivity index (χ1n) is 15.9. The molecule has 0 atom stereocenters. The lowest BCUT2D eigenvalue weighted by atomic mass is 9.90. The number of ether oxygens (including phenoxy) is 3. The van der Waals surface area contributed by atoms with Crippen LogP contribution >= 0.6 is 0 Å². The molecule has 3 aromatic rings. The number of rotatable bonds is 15. The number of methoxy groups -OCH3 is 1. The predicted molar refractivity (Wildman–Crippen MR) is 175 cm³/mol. The van der Waals surface area contributed by atoms with Gasteiger partial charge in [0.05, 0.1) is 7.11 Å². The van der Waals surface area contributed by atoms with Gasteiger partial charge in [-0.3, -0.25) is 4.90 Å². The summed E-state index contributed by atoms with van der Waals surface area (Å²) in [6.45, 7) is 9.01. The van der Waals surface area contributed by atoms with E-state index >= 15 is 0 Å². The van der Waals surface area contributed by atoms with Crippen LogP contribution in [0.3, 0.4) is 0 Å². The molecule has 0 radical (unpaired) electrons. The Bertz CT molecular complexity index is 1280. The predicted octanol–water partition coefficient (Wildman–Crippen LogP) is 8.29. The zero-order valence-electron chi connectivity index (χ0n) is 26.2. The number of benzene rings is 3. The topological polar surface area (TPSA) is 60.0 Å². The number of hydrogen-bond donors (Lipinski definition) is 1. The number of unbranched alkanes of at least 4 members (excludes halogenated alkanes) is 3. The van der Waals surface area contributed by atoms with E-state index in [1.807, 2.05) is 36.4 Å². The van der Waals surface area contributed by atoms with Crippen LogP contribution in [0.1, 0.15) is 75.5 Å². The summed E-state index contributed by atoms with van der Waals surface area (Å²) in [5, 5.41) is 2.85. The second-order valence-corrected chi connectivity index (χ2v) is 11.4. The first-order chi connectivity index (χ1) is 21.1. The Morgan fingerprint density at radius 3 is 2.05 bits per heavy atom. The lowest BCUT2D eigenvalue weighted by Crippen LogP contribution is -2.33. The largest absolute Gasteiger partial charge is 0.497 e. The van der Waals surface area contributed by atoms with Gasteiger partial charge in [-0.15, -0.1) is 0 Å². The second-order valence-electron chi connectivity index (χ2n) is 11.4. The van der Waals surface area contributed by atoms with E-state index < -0.39 is 6.09 Å². The standard InChI is InChI=1S/C37H48N2O4/c1-4-5-6-8-23-38-37(40)43-35-21-15-32(16-22-35)36(29(2)28-30-11-17-33(41-3)18-12-30)31-13-19-34(20-14-31)42-27-26-39-24-9-7-10-25-39/h11-22H,4-10,23-28H2,1-3H3,(H,38,40)/b36-29-. The summed E-state index contributed by atoms with van der Waals surface area (Å²) in [5.74, 6) is 2.26. The van der Waals surface area contributed by atoms with Crippen molar-refractivity contribution in [3.63, 3.8) is 0 Å². The van der Waals surface area contributed by atoms with E-state index in [1.54, 1.807) is 7.11 Å². The van der Waals surface area contributed by atoms with Crippen molar-refractivity contribution in [2.24, 2.45) is 0 Å². The van der Waals surface area contributed by atoms with Crippen LogP contribution in [0.5, 0.6) is 17.2 Å². The number of carbonyl (C=O) groups excluding carboxylic acids is 1. The summed E-state index contributed by atoms with van der Waals surface area (Å²) in [4.78, 5) is 14.8. The van der Waals surface area contributed by atoms with Crippen molar-refractivity contribution in [2.75, 3.05) is 39.9 Å². The van der Waals surface area contributed by atoms with Gasteiger partial charge in [0.2, 0.25) is 0 Å². The van der Waals surface area contributed by atoms with Crippen LogP contribution in [-0.4, -0.2) is 50.9 Å². The average Bonchev–Trinajstić information content (AvgIpc) is 3.03. The monoisotopic (exact) mass is 584 g/mol. The highest BCUT2D eigenvalue weighted by molar-refractivity contribution is 5.83. The van der Waals surface area contributed by atoms with Gasteiger partial charge in [-0.05, 0) is 104 Å². The zero-order chi connectivity index (χ0) is 30.3. The lowest BCUT2D eigenvalue weighted by Gasteiger charge is -2.26. The third kappa shape index (κ3) is 10.5. The summed E-state index contributed by atoms with van der Waals surface area (Å²) >= 11 is 0. The third-order valence-corrected chi connectivity index (χ3v) is 7.98. The molecule has 1 N–H and O–H groups in total. The van der Waals surface area contributed by atoms with Gasteiger partial charge in [0.15, 0.2) is 0 Å². The molecule has 0 spiro atoms. The second kappa shape index (κ2) is 17.4. The van der Waals surface area contributed by atoms with Gasteiger partial charge in [-0.25, -0.2) is 4.79 Å². The normalized spacial score (nSPS) is 14.1. The Kier molecular flexibility index (Phi) is 13.0. The number of nitrogens with zero attached hydrogens (tertiary/aromatic N) is 1. The molecule has 4 rings (SSSR count). The number of carbonyl (C=O) groups is 1. The minimum absolute atomic E-state index is 0.411. The maximum Gasteiger partial charge on any atom is 0.412 e. The molecule has 1 amide bonds. The highest BCUT2D eigenvalue weighted by atomic mass is 16.6. The molecule has 43 heavy (non-hydrogen) atoms. The van der Waals surface area contributed by atoms with Crippen molar-refractivity contribution < 1.29 is 19.0 Å². The Morgan fingerprint density at radius 2 is 1.42 bits per heavy atom. The molecule has 6 nitrogen and oxygen atoms in total. The van der Waals surface area contributed by atoms with Crippen LogP contribution in [0, 0.1) is 0 Å². The van der Waals surface area contributed by atoms with Crippen LogP contribution in [0.25, 0.3) is 5.57 Å². The molecule has 6 heteroatoms. The first kappa shape index (κ1) is 32.2. The van der Waals surface area contributed by atoms with E-state index in [0.717, 1.165) is 54.0 Å². The van der Waals surface area contributed by atoms with E-state index in [2.05, 4.69) is 60.5 Å². The molecule has 230 valence electrons. The van der Waals surface area contributed by atoms with Crippen LogP contribution in [-0.2, 0) is 6.42 Å². The number of amides is 1. The smallest absolute Gasteiger partial charge is 0.412 e. The fourth-order valence-corrected chi connectivity index (χ4v) is 5.57. The summed E-state index contributed by atoms with van der Waals surface area (Å²) < 4.78 is 17.0. The summed E-state index contributed by atoms with van der Waals surface area (Å²) in [6, 6.07) is 24.4. The van der Waals surface area contributed by atoms with E-state index in [-0.39, 0.29) is 0 Å². The summed E-state index contributed by atoms with van der Waals surface area (Å²) in [7, 11) is 1.68.